The number of benzene rings is 2. The summed E-state index contributed by atoms with van der Waals surface area (Å²) >= 11 is 0. The average molecular weight is 564 g/mol. The molecule has 7 nitrogen and oxygen atoms in total. The van der Waals surface area contributed by atoms with Gasteiger partial charge in [0, 0.05) is 26.7 Å². The van der Waals surface area contributed by atoms with E-state index in [2.05, 4.69) is 5.32 Å². The van der Waals surface area contributed by atoms with Crippen molar-refractivity contribution in [2.75, 3.05) is 38.7 Å². The largest absolute Gasteiger partial charge is 0.394 e. The smallest absolute Gasteiger partial charge is 0.321 e. The van der Waals surface area contributed by atoms with Gasteiger partial charge < -0.3 is 25.0 Å². The Bertz CT molecular complexity index is 1230. The Morgan fingerprint density at radius 3 is 2.46 bits per heavy atom. The number of halogens is 1. The van der Waals surface area contributed by atoms with Crippen LogP contribution in [0, 0.1) is 34.9 Å². The Hall–Kier alpha value is -2.97. The molecular formula is C33H42FN3O4. The first-order chi connectivity index (χ1) is 19.9. The first kappa shape index (κ1) is 28.2. The normalized spacial score (nSPS) is 30.5. The second-order valence-electron chi connectivity index (χ2n) is 12.7. The van der Waals surface area contributed by atoms with Gasteiger partial charge in [0.05, 0.1) is 30.9 Å². The maximum Gasteiger partial charge on any atom is 0.321 e. The van der Waals surface area contributed by atoms with Gasteiger partial charge in [-0.15, -0.1) is 0 Å². The predicted molar refractivity (Wildman–Crippen MR) is 155 cm³/mol. The highest BCUT2D eigenvalue weighted by Gasteiger charge is 2.61. The van der Waals surface area contributed by atoms with Gasteiger partial charge in [-0.25, -0.2) is 9.18 Å². The first-order valence-corrected chi connectivity index (χ1v) is 15.2. The van der Waals surface area contributed by atoms with E-state index in [1.165, 1.54) is 6.07 Å². The molecule has 4 aliphatic rings. The van der Waals surface area contributed by atoms with Crippen LogP contribution < -0.4 is 5.32 Å². The number of carbonyl (C=O) groups excluding carboxylic acids is 2. The summed E-state index contributed by atoms with van der Waals surface area (Å²) in [6.07, 6.45) is 6.40. The van der Waals surface area contributed by atoms with E-state index in [0.717, 1.165) is 44.1 Å². The van der Waals surface area contributed by atoms with E-state index in [9.17, 15) is 19.1 Å². The number of likely N-dealkylation sites (tertiary alicyclic amines) is 2. The summed E-state index contributed by atoms with van der Waals surface area (Å²) in [7, 11) is 1.80. The molecule has 2 aromatic carbocycles. The molecule has 2 aromatic rings. The maximum atomic E-state index is 14.2. The lowest BCUT2D eigenvalue weighted by Crippen LogP contribution is -2.64. The van der Waals surface area contributed by atoms with Crippen LogP contribution in [0.15, 0.2) is 54.6 Å². The summed E-state index contributed by atoms with van der Waals surface area (Å²) in [5, 5.41) is 13.5. The van der Waals surface area contributed by atoms with Crippen LogP contribution in [0.25, 0.3) is 0 Å². The Balaban J connectivity index is 1.25. The van der Waals surface area contributed by atoms with Gasteiger partial charge in [-0.2, -0.15) is 0 Å². The number of rotatable bonds is 5. The van der Waals surface area contributed by atoms with Crippen molar-refractivity contribution in [3.63, 3.8) is 0 Å². The van der Waals surface area contributed by atoms with E-state index < -0.39 is 5.82 Å². The number of aliphatic hydroxyl groups is 1. The lowest BCUT2D eigenvalue weighted by Gasteiger charge is -2.58. The lowest BCUT2D eigenvalue weighted by molar-refractivity contribution is -0.152. The Morgan fingerprint density at radius 1 is 1.02 bits per heavy atom. The zero-order chi connectivity index (χ0) is 28.6. The molecule has 0 aromatic heterocycles. The summed E-state index contributed by atoms with van der Waals surface area (Å²) in [4.78, 5) is 30.8. The standard InChI is InChI=1S/C33H42FN3O4/c1-41-24-11-12-25-23(18-24)19-26-29(20-38)37(30(39)17-22-7-3-2-4-8-22)21-33(31(25)26)13-15-36(16-14-33)32(40)35-28-10-6-5-9-27(28)34/h2-10,23-26,29,31,38H,11-21H2,1H3,(H,35,40)/t23?,24?,25?,26?,29-,31?/m0/s1. The number of nitrogens with zero attached hydrogens (tertiary/aromatic N) is 2. The third kappa shape index (κ3) is 5.37. The van der Waals surface area contributed by atoms with Crippen LogP contribution >= 0.6 is 0 Å². The van der Waals surface area contributed by atoms with Crippen molar-refractivity contribution in [2.45, 2.75) is 57.1 Å². The molecule has 4 fully saturated rings. The Morgan fingerprint density at radius 2 is 1.76 bits per heavy atom. The molecule has 2 saturated carbocycles. The number of anilines is 1. The molecule has 2 heterocycles. The van der Waals surface area contributed by atoms with Crippen molar-refractivity contribution in [3.8, 4) is 0 Å². The van der Waals surface area contributed by atoms with Crippen LogP contribution in [0.4, 0.5) is 14.9 Å². The average Bonchev–Trinajstić information content (AvgIpc) is 3.39. The number of aliphatic hydroxyl groups excluding tert-OH is 1. The summed E-state index contributed by atoms with van der Waals surface area (Å²) < 4.78 is 20.0. The van der Waals surface area contributed by atoms with E-state index in [-0.39, 0.29) is 47.7 Å². The summed E-state index contributed by atoms with van der Waals surface area (Å²) in [6, 6.07) is 15.6. The van der Waals surface area contributed by atoms with Crippen molar-refractivity contribution in [1.29, 1.82) is 0 Å². The molecule has 0 bridgehead atoms. The third-order valence-corrected chi connectivity index (χ3v) is 10.8. The van der Waals surface area contributed by atoms with Crippen LogP contribution in [0.1, 0.15) is 44.1 Å². The van der Waals surface area contributed by atoms with Gasteiger partial charge in [-0.05, 0) is 85.3 Å². The second kappa shape index (κ2) is 11.7. The minimum Gasteiger partial charge on any atom is -0.394 e. The van der Waals surface area contributed by atoms with E-state index in [1.54, 1.807) is 30.2 Å². The Kier molecular flexibility index (Phi) is 8.05. The SMILES string of the molecule is COC1CCC2C(C1)CC1C2C2(CCN(C(=O)Nc3ccccc3F)CC2)CN(C(=O)Cc2ccccc2)[C@H]1CO. The molecule has 6 atom stereocenters. The van der Waals surface area contributed by atoms with Crippen molar-refractivity contribution in [2.24, 2.45) is 29.1 Å². The van der Waals surface area contributed by atoms with E-state index in [4.69, 9.17) is 4.74 Å². The van der Waals surface area contributed by atoms with Gasteiger partial charge in [0.25, 0.3) is 0 Å². The van der Waals surface area contributed by atoms with E-state index in [0.29, 0.717) is 43.8 Å². The number of piperidine rings is 2. The Labute approximate surface area is 242 Å². The number of fused-ring (bicyclic) bond motifs is 4. The van der Waals surface area contributed by atoms with Gasteiger partial charge >= 0.3 is 6.03 Å². The van der Waals surface area contributed by atoms with Gasteiger partial charge in [0.15, 0.2) is 0 Å². The van der Waals surface area contributed by atoms with Crippen molar-refractivity contribution < 1.29 is 23.8 Å². The lowest BCUT2D eigenvalue weighted by atomic mass is 9.57. The fourth-order valence-corrected chi connectivity index (χ4v) is 8.90. The highest BCUT2D eigenvalue weighted by molar-refractivity contribution is 5.89. The highest BCUT2D eigenvalue weighted by atomic mass is 19.1. The number of nitrogens with one attached hydrogen (secondary N) is 1. The monoisotopic (exact) mass is 563 g/mol. The van der Waals surface area contributed by atoms with E-state index >= 15 is 0 Å². The van der Waals surface area contributed by atoms with Crippen LogP contribution in [-0.4, -0.2) is 72.3 Å². The topological polar surface area (TPSA) is 82.1 Å². The minimum atomic E-state index is -0.448. The number of amides is 3. The summed E-state index contributed by atoms with van der Waals surface area (Å²) in [6.45, 7) is 1.71. The van der Waals surface area contributed by atoms with Gasteiger partial charge in [0.2, 0.25) is 5.91 Å². The quantitative estimate of drug-likeness (QED) is 0.539. The van der Waals surface area contributed by atoms with Crippen LogP contribution in [0.2, 0.25) is 0 Å². The van der Waals surface area contributed by atoms with Gasteiger partial charge in [0.1, 0.15) is 5.82 Å². The molecule has 3 amide bonds. The number of hydrogen-bond donors (Lipinski definition) is 2. The molecule has 2 N–H and O–H groups in total. The zero-order valence-electron chi connectivity index (χ0n) is 23.9. The van der Waals surface area contributed by atoms with E-state index in [1.807, 2.05) is 35.2 Å². The highest BCUT2D eigenvalue weighted by Crippen LogP contribution is 2.62. The number of methoxy groups -OCH3 is 1. The number of ether oxygens (including phenoxy) is 1. The predicted octanol–water partition coefficient (Wildman–Crippen LogP) is 4.95. The molecule has 220 valence electrons. The maximum absolute atomic E-state index is 14.2. The summed E-state index contributed by atoms with van der Waals surface area (Å²) in [5.74, 6) is 1.33. The molecule has 2 saturated heterocycles. The molecule has 2 aliphatic carbocycles. The summed E-state index contributed by atoms with van der Waals surface area (Å²) in [5.41, 5.74) is 1.05. The van der Waals surface area contributed by atoms with Gasteiger partial charge in [-0.1, -0.05) is 42.5 Å². The molecular weight excluding hydrogens is 521 g/mol. The molecule has 0 radical (unpaired) electrons. The molecule has 6 rings (SSSR count). The van der Waals surface area contributed by atoms with Crippen molar-refractivity contribution in [1.82, 2.24) is 9.80 Å². The van der Waals surface area contributed by atoms with Crippen molar-refractivity contribution in [3.05, 3.63) is 66.0 Å². The number of urea groups is 1. The fraction of sp³-hybridized carbons (Fsp3) is 0.576. The number of para-hydroxylation sites is 1. The third-order valence-electron chi connectivity index (χ3n) is 10.8. The van der Waals surface area contributed by atoms with Crippen LogP contribution in [-0.2, 0) is 16.0 Å². The van der Waals surface area contributed by atoms with Crippen molar-refractivity contribution >= 4 is 17.6 Å². The number of carbonyl (C=O) groups is 2. The molecule has 5 unspecified atom stereocenters. The first-order valence-electron chi connectivity index (χ1n) is 15.2. The zero-order valence-corrected chi connectivity index (χ0v) is 23.9. The molecule has 1 spiro atoms. The van der Waals surface area contributed by atoms with Gasteiger partial charge in [-0.3, -0.25) is 4.79 Å². The molecule has 41 heavy (non-hydrogen) atoms. The molecule has 8 heteroatoms. The minimum absolute atomic E-state index is 0.0257. The molecule has 2 aliphatic heterocycles. The second-order valence-corrected chi connectivity index (χ2v) is 12.7. The fourth-order valence-electron chi connectivity index (χ4n) is 8.90. The van der Waals surface area contributed by atoms with Crippen LogP contribution in [0.5, 0.6) is 0 Å². The number of hydrogen-bond acceptors (Lipinski definition) is 4. The van der Waals surface area contributed by atoms with Crippen LogP contribution in [0.3, 0.4) is 0 Å².